The number of hydrogen-bond donors (Lipinski definition) is 1. The maximum Gasteiger partial charge on any atom is 1.00 e. The van der Waals surface area contributed by atoms with Crippen molar-refractivity contribution in [1.29, 1.82) is 0 Å². The van der Waals surface area contributed by atoms with Gasteiger partial charge in [0, 0.05) is 11.6 Å². The minimum atomic E-state index is -1.75. The van der Waals surface area contributed by atoms with Crippen molar-refractivity contribution in [2.45, 2.75) is 19.8 Å². The van der Waals surface area contributed by atoms with Gasteiger partial charge in [0.1, 0.15) is 11.6 Å². The third-order valence-corrected chi connectivity index (χ3v) is 3.67. The molecule has 1 aromatic carbocycles. The average molecular weight is 388 g/mol. The van der Waals surface area contributed by atoms with Crippen molar-refractivity contribution in [3.63, 3.8) is 0 Å². The van der Waals surface area contributed by atoms with E-state index >= 15 is 0 Å². The van der Waals surface area contributed by atoms with Crippen LogP contribution in [0.4, 0.5) is 0 Å². The molecule has 0 saturated heterocycles. The molecule has 27 heavy (non-hydrogen) atoms. The van der Waals surface area contributed by atoms with Gasteiger partial charge in [-0.1, -0.05) is 13.3 Å². The first-order valence-electron chi connectivity index (χ1n) is 7.30. The number of aromatic amines is 1. The molecule has 0 fully saturated rings. The van der Waals surface area contributed by atoms with Crippen LogP contribution in [0.3, 0.4) is 0 Å². The predicted molar refractivity (Wildman–Crippen MR) is 81.1 cm³/mol. The Morgan fingerprint density at radius 1 is 1.15 bits per heavy atom. The van der Waals surface area contributed by atoms with Crippen LogP contribution < -0.4 is 80.3 Å². The number of benzene rings is 1. The Hall–Kier alpha value is -1.49. The minimum Gasteiger partial charge on any atom is -0.543 e. The third kappa shape index (κ3) is 4.34. The second-order valence-corrected chi connectivity index (χ2v) is 5.34. The van der Waals surface area contributed by atoms with Crippen LogP contribution in [0.2, 0.25) is 0 Å². The molecule has 2 aromatic heterocycles. The van der Waals surface area contributed by atoms with E-state index in [0.29, 0.717) is 18.4 Å². The van der Waals surface area contributed by atoms with Crippen molar-refractivity contribution in [1.82, 2.24) is 9.97 Å². The molecule has 1 N–H and O–H groups in total. The molecule has 0 atom stereocenters. The average Bonchev–Trinajstić information content (AvgIpc) is 2.54. The minimum absolute atomic E-state index is 0. The molecule has 11 heteroatoms. The largest absolute Gasteiger partial charge is 1.00 e. The van der Waals surface area contributed by atoms with E-state index in [4.69, 9.17) is 4.42 Å². The number of rotatable bonds is 4. The van der Waals surface area contributed by atoms with E-state index in [1.54, 1.807) is 0 Å². The third-order valence-electron chi connectivity index (χ3n) is 3.67. The van der Waals surface area contributed by atoms with Gasteiger partial charge in [0.25, 0.3) is 5.56 Å². The summed E-state index contributed by atoms with van der Waals surface area (Å²) in [5.41, 5.74) is -1.91. The number of aryl methyl sites for hydroxylation is 1. The van der Waals surface area contributed by atoms with Gasteiger partial charge in [-0.2, -0.15) is 0 Å². The second-order valence-electron chi connectivity index (χ2n) is 5.34. The van der Waals surface area contributed by atoms with Gasteiger partial charge in [-0.3, -0.25) is 9.59 Å². The molecule has 0 saturated carbocycles. The zero-order valence-electron chi connectivity index (χ0n) is 14.9. The molecule has 2 heterocycles. The number of aromatic carboxylic acids is 2. The number of carboxylic acids is 2. The quantitative estimate of drug-likeness (QED) is 0.341. The molecular formula is C16H10N2Na2O7. The van der Waals surface area contributed by atoms with Crippen molar-refractivity contribution in [3.05, 3.63) is 49.7 Å². The molecule has 128 valence electrons. The molecule has 0 aliphatic carbocycles. The fourth-order valence-electron chi connectivity index (χ4n) is 2.63. The fraction of sp³-hybridized carbons (Fsp3) is 0.188. The van der Waals surface area contributed by atoms with Crippen molar-refractivity contribution in [2.24, 2.45) is 0 Å². The van der Waals surface area contributed by atoms with Crippen LogP contribution in [0.15, 0.2) is 26.1 Å². The Kier molecular flexibility index (Phi) is 7.97. The number of H-pyrrole nitrogens is 1. The van der Waals surface area contributed by atoms with Gasteiger partial charge in [-0.15, -0.1) is 0 Å². The number of carbonyl (C=O) groups is 2. The predicted octanol–water partition coefficient (Wildman–Crippen LogP) is -7.28. The van der Waals surface area contributed by atoms with Crippen LogP contribution in [0.5, 0.6) is 0 Å². The van der Waals surface area contributed by atoms with Crippen LogP contribution in [-0.2, 0) is 6.42 Å². The second kappa shape index (κ2) is 9.13. The Morgan fingerprint density at radius 2 is 1.81 bits per heavy atom. The Bertz CT molecular complexity index is 1170. The first-order chi connectivity index (χ1) is 11.8. The number of aromatic nitrogens is 2. The van der Waals surface area contributed by atoms with E-state index in [0.717, 1.165) is 6.07 Å². The zero-order chi connectivity index (χ0) is 18.3. The van der Waals surface area contributed by atoms with Gasteiger partial charge in [0.05, 0.1) is 22.4 Å². The Morgan fingerprint density at radius 3 is 2.37 bits per heavy atom. The molecule has 9 nitrogen and oxygen atoms in total. The van der Waals surface area contributed by atoms with Crippen LogP contribution in [0.25, 0.3) is 22.0 Å². The van der Waals surface area contributed by atoms with Gasteiger partial charge in [0.2, 0.25) is 0 Å². The molecular weight excluding hydrogens is 378 g/mol. The summed E-state index contributed by atoms with van der Waals surface area (Å²) >= 11 is 0. The Balaban J connectivity index is 0.00000182. The smallest absolute Gasteiger partial charge is 0.543 e. The van der Waals surface area contributed by atoms with E-state index in [1.807, 2.05) is 6.92 Å². The molecule has 0 radical (unpaired) electrons. The van der Waals surface area contributed by atoms with E-state index < -0.39 is 34.4 Å². The molecule has 0 aliphatic rings. The summed E-state index contributed by atoms with van der Waals surface area (Å²) in [4.78, 5) is 52.2. The van der Waals surface area contributed by atoms with Gasteiger partial charge in [-0.25, -0.2) is 4.98 Å². The van der Waals surface area contributed by atoms with Gasteiger partial charge >= 0.3 is 59.1 Å². The van der Waals surface area contributed by atoms with Crippen LogP contribution in [0, 0.1) is 0 Å². The van der Waals surface area contributed by atoms with Crippen molar-refractivity contribution in [3.8, 4) is 0 Å². The van der Waals surface area contributed by atoms with Crippen LogP contribution in [-0.4, -0.2) is 21.9 Å². The standard InChI is InChI=1S/C16H12N2O7.2Na/c1-2-3-6-11-8(17-14(20)12(18-11)16(23)24)4-7-9(19)5-10(15(21)22)25-13(6)7;;/h4-5H,2-3H2,1H3,(H,17,20)(H,21,22)(H,23,24);;/q;2*+1/p-2. The first kappa shape index (κ1) is 23.5. The van der Waals surface area contributed by atoms with E-state index in [1.165, 1.54) is 6.07 Å². The number of fused-ring (bicyclic) bond motifs is 2. The van der Waals surface area contributed by atoms with E-state index in [-0.39, 0.29) is 81.1 Å². The van der Waals surface area contributed by atoms with Gasteiger partial charge in [-0.05, 0) is 12.5 Å². The van der Waals surface area contributed by atoms with Crippen LogP contribution >= 0.6 is 0 Å². The summed E-state index contributed by atoms with van der Waals surface area (Å²) in [7, 11) is 0. The SMILES string of the molecule is CCCc1c2nc(C(=O)[O-])c(=O)[nH]c2cc2c(=O)cc(C(=O)[O-])oc12.[Na+].[Na+]. The van der Waals surface area contributed by atoms with E-state index in [2.05, 4.69) is 9.97 Å². The molecule has 3 aromatic rings. The summed E-state index contributed by atoms with van der Waals surface area (Å²) in [6, 6.07) is 2.04. The summed E-state index contributed by atoms with van der Waals surface area (Å²) in [6.45, 7) is 1.82. The molecule has 0 amide bonds. The van der Waals surface area contributed by atoms with Gasteiger partial charge < -0.3 is 29.2 Å². The maximum absolute atomic E-state index is 12.2. The topological polar surface area (TPSA) is 156 Å². The summed E-state index contributed by atoms with van der Waals surface area (Å²) < 4.78 is 5.27. The monoisotopic (exact) mass is 388 g/mol. The van der Waals surface area contributed by atoms with E-state index in [9.17, 15) is 29.4 Å². The number of carboxylic acid groups (broad SMARTS) is 2. The number of nitrogens with one attached hydrogen (secondary N) is 1. The summed E-state index contributed by atoms with van der Waals surface area (Å²) in [5, 5.41) is 22.1. The van der Waals surface area contributed by atoms with Crippen molar-refractivity contribution < 1.29 is 83.3 Å². The van der Waals surface area contributed by atoms with Crippen molar-refractivity contribution >= 4 is 33.9 Å². The molecule has 0 spiro atoms. The van der Waals surface area contributed by atoms with Gasteiger partial charge in [0.15, 0.2) is 16.9 Å². The normalized spacial score (nSPS) is 10.3. The Labute approximate surface area is 195 Å². The molecule has 0 aliphatic heterocycles. The molecule has 0 unspecified atom stereocenters. The fourth-order valence-corrected chi connectivity index (χ4v) is 2.63. The molecule has 0 bridgehead atoms. The number of hydrogen-bond acceptors (Lipinski definition) is 8. The van der Waals surface area contributed by atoms with Crippen molar-refractivity contribution in [2.75, 3.05) is 0 Å². The van der Waals surface area contributed by atoms with Crippen LogP contribution in [0.1, 0.15) is 40.0 Å². The molecule has 3 rings (SSSR count). The zero-order valence-corrected chi connectivity index (χ0v) is 18.9. The summed E-state index contributed by atoms with van der Waals surface area (Å²) in [5.74, 6) is -4.07. The first-order valence-corrected chi connectivity index (χ1v) is 7.30. The number of carbonyl (C=O) groups excluding carboxylic acids is 2. The summed E-state index contributed by atoms with van der Waals surface area (Å²) in [6.07, 6.45) is 0.869. The maximum atomic E-state index is 12.2. The number of nitrogens with zero attached hydrogens (tertiary/aromatic N) is 1.